The first kappa shape index (κ1) is 21.8. The lowest BCUT2D eigenvalue weighted by Crippen LogP contribution is -2.22. The van der Waals surface area contributed by atoms with Crippen molar-refractivity contribution in [2.24, 2.45) is 0 Å². The number of carbonyl (C=O) groups excluding carboxylic acids is 3. The molecule has 1 atom stereocenters. The van der Waals surface area contributed by atoms with E-state index in [0.29, 0.717) is 5.69 Å². The zero-order chi connectivity index (χ0) is 22.2. The van der Waals surface area contributed by atoms with Gasteiger partial charge in [0.05, 0.1) is 17.5 Å². The molecule has 0 spiro atoms. The second-order valence-electron chi connectivity index (χ2n) is 7.00. The van der Waals surface area contributed by atoms with Gasteiger partial charge < -0.3 is 19.8 Å². The van der Waals surface area contributed by atoms with E-state index in [4.69, 9.17) is 9.15 Å². The highest BCUT2D eigenvalue weighted by molar-refractivity contribution is 6.07. The summed E-state index contributed by atoms with van der Waals surface area (Å²) in [7, 11) is 0. The number of rotatable bonds is 8. The topological polar surface area (TPSA) is 97.6 Å². The molecular weight excluding hydrogens is 396 g/mol. The third-order valence-electron chi connectivity index (χ3n) is 4.85. The van der Waals surface area contributed by atoms with Crippen molar-refractivity contribution >= 4 is 29.2 Å². The smallest absolute Gasteiger partial charge is 0.340 e. The first-order valence-electron chi connectivity index (χ1n) is 9.99. The van der Waals surface area contributed by atoms with Gasteiger partial charge in [0.1, 0.15) is 0 Å². The van der Waals surface area contributed by atoms with Crippen LogP contribution in [0.1, 0.15) is 52.7 Å². The Labute approximate surface area is 180 Å². The van der Waals surface area contributed by atoms with Gasteiger partial charge in [-0.15, -0.1) is 0 Å². The van der Waals surface area contributed by atoms with Crippen molar-refractivity contribution in [3.8, 4) is 0 Å². The van der Waals surface area contributed by atoms with Crippen LogP contribution in [-0.4, -0.2) is 24.4 Å². The number of benzene rings is 2. The molecule has 0 aliphatic carbocycles. The van der Waals surface area contributed by atoms with E-state index in [0.717, 1.165) is 12.0 Å². The Morgan fingerprint density at radius 3 is 2.35 bits per heavy atom. The van der Waals surface area contributed by atoms with Crippen LogP contribution >= 0.6 is 0 Å². The highest BCUT2D eigenvalue weighted by atomic mass is 16.5. The molecule has 0 aliphatic rings. The fraction of sp³-hybridized carbons (Fsp3) is 0.208. The Morgan fingerprint density at radius 2 is 1.65 bits per heavy atom. The van der Waals surface area contributed by atoms with Crippen molar-refractivity contribution in [1.29, 1.82) is 0 Å². The molecule has 3 aromatic rings. The number of esters is 1. The summed E-state index contributed by atoms with van der Waals surface area (Å²) in [6.07, 6.45) is 2.31. The standard InChI is InChI=1S/C24H24N2O5/c1-3-16(2)17-9-4-6-11-19(17)25-22(27)15-31-24(29)18-10-5-7-12-20(18)26-23(28)21-13-8-14-30-21/h4-14,16H,3,15H2,1-2H3,(H,25,27)(H,26,28)/t16-/m0/s1. The number of hydrogen-bond donors (Lipinski definition) is 2. The molecule has 0 fully saturated rings. The molecule has 7 heteroatoms. The number of nitrogens with one attached hydrogen (secondary N) is 2. The number of ether oxygens (including phenoxy) is 1. The maximum absolute atomic E-state index is 12.5. The van der Waals surface area contributed by atoms with E-state index in [1.54, 1.807) is 24.3 Å². The zero-order valence-corrected chi connectivity index (χ0v) is 17.4. The predicted octanol–water partition coefficient (Wildman–Crippen LogP) is 4.84. The average Bonchev–Trinajstić information content (AvgIpc) is 3.33. The van der Waals surface area contributed by atoms with E-state index in [1.165, 1.54) is 18.4 Å². The minimum absolute atomic E-state index is 0.113. The molecule has 3 rings (SSSR count). The summed E-state index contributed by atoms with van der Waals surface area (Å²) in [5.74, 6) is -1.27. The molecular formula is C24H24N2O5. The van der Waals surface area contributed by atoms with Gasteiger partial charge in [-0.2, -0.15) is 0 Å². The van der Waals surface area contributed by atoms with Crippen LogP contribution in [0.4, 0.5) is 11.4 Å². The second kappa shape index (κ2) is 10.2. The van der Waals surface area contributed by atoms with E-state index in [2.05, 4.69) is 24.5 Å². The summed E-state index contributed by atoms with van der Waals surface area (Å²) in [6, 6.07) is 17.0. The Hall–Kier alpha value is -3.87. The lowest BCUT2D eigenvalue weighted by atomic mass is 9.97. The molecule has 1 heterocycles. The van der Waals surface area contributed by atoms with Gasteiger partial charge >= 0.3 is 5.97 Å². The van der Waals surface area contributed by atoms with Crippen LogP contribution in [0.2, 0.25) is 0 Å². The van der Waals surface area contributed by atoms with Crippen LogP contribution in [-0.2, 0) is 9.53 Å². The van der Waals surface area contributed by atoms with Crippen LogP contribution < -0.4 is 10.6 Å². The fourth-order valence-electron chi connectivity index (χ4n) is 3.02. The monoisotopic (exact) mass is 420 g/mol. The van der Waals surface area contributed by atoms with Gasteiger partial charge in [0, 0.05) is 5.69 Å². The molecule has 0 saturated carbocycles. The van der Waals surface area contributed by atoms with E-state index in [-0.39, 0.29) is 22.9 Å². The van der Waals surface area contributed by atoms with Crippen LogP contribution in [0, 0.1) is 0 Å². The summed E-state index contributed by atoms with van der Waals surface area (Å²) in [5, 5.41) is 5.41. The van der Waals surface area contributed by atoms with Gasteiger partial charge in [0.25, 0.3) is 11.8 Å². The molecule has 31 heavy (non-hydrogen) atoms. The van der Waals surface area contributed by atoms with Gasteiger partial charge in [-0.1, -0.05) is 44.2 Å². The Balaban J connectivity index is 1.63. The van der Waals surface area contributed by atoms with Crippen molar-refractivity contribution in [3.05, 3.63) is 83.8 Å². The average molecular weight is 420 g/mol. The van der Waals surface area contributed by atoms with Crippen molar-refractivity contribution < 1.29 is 23.5 Å². The molecule has 7 nitrogen and oxygen atoms in total. The van der Waals surface area contributed by atoms with Crippen molar-refractivity contribution in [2.75, 3.05) is 17.2 Å². The van der Waals surface area contributed by atoms with Gasteiger partial charge in [-0.05, 0) is 48.2 Å². The molecule has 0 bridgehead atoms. The Morgan fingerprint density at radius 1 is 0.935 bits per heavy atom. The molecule has 0 unspecified atom stereocenters. The van der Waals surface area contributed by atoms with E-state index in [9.17, 15) is 14.4 Å². The SMILES string of the molecule is CC[C@H](C)c1ccccc1NC(=O)COC(=O)c1ccccc1NC(=O)c1ccco1. The number of anilines is 2. The number of furan rings is 1. The normalized spacial score (nSPS) is 11.4. The number of hydrogen-bond acceptors (Lipinski definition) is 5. The number of carbonyl (C=O) groups is 3. The minimum atomic E-state index is -0.722. The van der Waals surface area contributed by atoms with Gasteiger partial charge in [0.2, 0.25) is 0 Å². The lowest BCUT2D eigenvalue weighted by molar-refractivity contribution is -0.119. The third-order valence-corrected chi connectivity index (χ3v) is 4.85. The van der Waals surface area contributed by atoms with Crippen molar-refractivity contribution in [1.82, 2.24) is 0 Å². The highest BCUT2D eigenvalue weighted by Gasteiger charge is 2.18. The largest absolute Gasteiger partial charge is 0.459 e. The summed E-state index contributed by atoms with van der Waals surface area (Å²) >= 11 is 0. The molecule has 2 aromatic carbocycles. The van der Waals surface area contributed by atoms with Gasteiger partial charge in [0.15, 0.2) is 12.4 Å². The number of amides is 2. The molecule has 0 saturated heterocycles. The van der Waals surface area contributed by atoms with Crippen LogP contribution in [0.15, 0.2) is 71.3 Å². The summed E-state index contributed by atoms with van der Waals surface area (Å²) in [6.45, 7) is 3.71. The summed E-state index contributed by atoms with van der Waals surface area (Å²) in [4.78, 5) is 37.1. The first-order valence-corrected chi connectivity index (χ1v) is 9.99. The van der Waals surface area contributed by atoms with Crippen LogP contribution in [0.5, 0.6) is 0 Å². The van der Waals surface area contributed by atoms with Crippen molar-refractivity contribution in [3.63, 3.8) is 0 Å². The fourth-order valence-corrected chi connectivity index (χ4v) is 3.02. The molecule has 1 aromatic heterocycles. The van der Waals surface area contributed by atoms with Crippen molar-refractivity contribution in [2.45, 2.75) is 26.2 Å². The predicted molar refractivity (Wildman–Crippen MR) is 117 cm³/mol. The van der Waals surface area contributed by atoms with Crippen LogP contribution in [0.25, 0.3) is 0 Å². The maximum atomic E-state index is 12.5. The highest BCUT2D eigenvalue weighted by Crippen LogP contribution is 2.26. The molecule has 0 radical (unpaired) electrons. The zero-order valence-electron chi connectivity index (χ0n) is 17.4. The van der Waals surface area contributed by atoms with E-state index < -0.39 is 24.4 Å². The first-order chi connectivity index (χ1) is 15.0. The quantitative estimate of drug-likeness (QED) is 0.508. The van der Waals surface area contributed by atoms with Crippen LogP contribution in [0.3, 0.4) is 0 Å². The maximum Gasteiger partial charge on any atom is 0.340 e. The van der Waals surface area contributed by atoms with Gasteiger partial charge in [-0.25, -0.2) is 4.79 Å². The third kappa shape index (κ3) is 5.60. The van der Waals surface area contributed by atoms with E-state index >= 15 is 0 Å². The molecule has 0 aliphatic heterocycles. The molecule has 160 valence electrons. The lowest BCUT2D eigenvalue weighted by Gasteiger charge is -2.15. The minimum Gasteiger partial charge on any atom is -0.459 e. The Kier molecular flexibility index (Phi) is 7.22. The summed E-state index contributed by atoms with van der Waals surface area (Å²) in [5.41, 5.74) is 2.12. The number of para-hydroxylation sites is 2. The second-order valence-corrected chi connectivity index (χ2v) is 7.00. The van der Waals surface area contributed by atoms with Gasteiger partial charge in [-0.3, -0.25) is 9.59 Å². The summed E-state index contributed by atoms with van der Waals surface area (Å²) < 4.78 is 10.2. The van der Waals surface area contributed by atoms with E-state index in [1.807, 2.05) is 24.3 Å². The molecule has 2 amide bonds. The molecule has 2 N–H and O–H groups in total. The Bertz CT molecular complexity index is 1060.